The van der Waals surface area contributed by atoms with Crippen LogP contribution in [0.2, 0.25) is 0 Å². The minimum absolute atomic E-state index is 0.169. The lowest BCUT2D eigenvalue weighted by molar-refractivity contribution is -0.147. The van der Waals surface area contributed by atoms with Gasteiger partial charge in [-0.15, -0.1) is 0 Å². The van der Waals surface area contributed by atoms with Gasteiger partial charge in [0.25, 0.3) is 0 Å². The number of carbonyl (C=O) groups is 2. The summed E-state index contributed by atoms with van der Waals surface area (Å²) >= 11 is -2.52. The molecule has 0 fully saturated rings. The van der Waals surface area contributed by atoms with Crippen molar-refractivity contribution in [1.82, 2.24) is 0 Å². The fraction of sp³-hybridized carbons (Fsp3) is 0.875. The third-order valence-corrected chi connectivity index (χ3v) is 4.45. The maximum absolute atomic E-state index is 11.5. The van der Waals surface area contributed by atoms with Gasteiger partial charge in [-0.2, -0.15) is 0 Å². The Morgan fingerprint density at radius 1 is 0.957 bits per heavy atom. The van der Waals surface area contributed by atoms with Crippen LogP contribution < -0.4 is 0 Å². The zero-order valence-corrected chi connectivity index (χ0v) is 14.8. The van der Waals surface area contributed by atoms with Crippen LogP contribution in [0, 0.1) is 0 Å². The predicted octanol–water partition coefficient (Wildman–Crippen LogP) is 3.52. The average molecular weight is 350 g/mol. The van der Waals surface area contributed by atoms with Crippen LogP contribution in [0.25, 0.3) is 0 Å². The first-order chi connectivity index (χ1) is 11.0. The Morgan fingerprint density at radius 2 is 1.43 bits per heavy atom. The number of rotatable bonds is 15. The van der Waals surface area contributed by atoms with E-state index in [0.29, 0.717) is 6.42 Å². The molecule has 2 N–H and O–H groups in total. The third kappa shape index (κ3) is 13.2. The lowest BCUT2D eigenvalue weighted by atomic mass is 10.1. The zero-order valence-electron chi connectivity index (χ0n) is 14.0. The van der Waals surface area contributed by atoms with Crippen molar-refractivity contribution in [3.05, 3.63) is 0 Å². The number of aliphatic carboxylic acids is 1. The summed E-state index contributed by atoms with van der Waals surface area (Å²) < 4.78 is 24.7. The fourth-order valence-corrected chi connectivity index (χ4v) is 2.77. The quantitative estimate of drug-likeness (QED) is 0.266. The summed E-state index contributed by atoms with van der Waals surface area (Å²) in [6.45, 7) is 2.37. The topological polar surface area (TPSA) is 101 Å². The average Bonchev–Trinajstić information content (AvgIpc) is 2.49. The highest BCUT2D eigenvalue weighted by Gasteiger charge is 2.28. The summed E-state index contributed by atoms with van der Waals surface area (Å²) in [7, 11) is 0. The van der Waals surface area contributed by atoms with Gasteiger partial charge in [0.1, 0.15) is 0 Å². The Bertz CT molecular complexity index is 358. The van der Waals surface area contributed by atoms with Crippen LogP contribution in [0.3, 0.4) is 0 Å². The highest BCUT2D eigenvalue weighted by Crippen LogP contribution is 2.11. The number of hydrogen-bond acceptors (Lipinski definition) is 4. The second-order valence-corrected chi connectivity index (χ2v) is 6.83. The summed E-state index contributed by atoms with van der Waals surface area (Å²) in [5.41, 5.74) is 0. The lowest BCUT2D eigenvalue weighted by Gasteiger charge is -2.10. The molecule has 2 atom stereocenters. The Balaban J connectivity index is 3.57. The van der Waals surface area contributed by atoms with Crippen LogP contribution in [-0.2, 0) is 25.4 Å². The number of esters is 1. The van der Waals surface area contributed by atoms with Crippen molar-refractivity contribution in [2.45, 2.75) is 82.8 Å². The van der Waals surface area contributed by atoms with E-state index < -0.39 is 34.7 Å². The maximum atomic E-state index is 11.5. The number of carboxylic acid groups (broad SMARTS) is 1. The second-order valence-electron chi connectivity index (χ2n) is 5.71. The van der Waals surface area contributed by atoms with Crippen molar-refractivity contribution in [2.24, 2.45) is 0 Å². The highest BCUT2D eigenvalue weighted by molar-refractivity contribution is 7.80. The van der Waals surface area contributed by atoms with E-state index in [4.69, 9.17) is 14.4 Å². The van der Waals surface area contributed by atoms with E-state index in [9.17, 15) is 13.8 Å². The first-order valence-electron chi connectivity index (χ1n) is 8.47. The first-order valence-corrected chi connectivity index (χ1v) is 9.64. The van der Waals surface area contributed by atoms with Gasteiger partial charge in [0.05, 0.1) is 13.0 Å². The fourth-order valence-electron chi connectivity index (χ4n) is 2.25. The van der Waals surface area contributed by atoms with Crippen molar-refractivity contribution < 1.29 is 28.2 Å². The van der Waals surface area contributed by atoms with Crippen LogP contribution in [-0.4, -0.2) is 37.7 Å². The van der Waals surface area contributed by atoms with Gasteiger partial charge in [-0.1, -0.05) is 64.7 Å². The molecule has 23 heavy (non-hydrogen) atoms. The molecule has 0 aromatic carbocycles. The largest absolute Gasteiger partial charge is 0.481 e. The number of unbranched alkanes of at least 4 members (excludes halogenated alkanes) is 9. The highest BCUT2D eigenvalue weighted by atomic mass is 32.2. The lowest BCUT2D eigenvalue weighted by Crippen LogP contribution is -2.30. The van der Waals surface area contributed by atoms with Crippen LogP contribution in [0.1, 0.15) is 77.6 Å². The van der Waals surface area contributed by atoms with E-state index in [0.717, 1.165) is 12.8 Å². The molecule has 7 heteroatoms. The van der Waals surface area contributed by atoms with Crippen LogP contribution >= 0.6 is 0 Å². The Labute approximate surface area is 141 Å². The van der Waals surface area contributed by atoms with Gasteiger partial charge in [0.15, 0.2) is 16.3 Å². The molecule has 0 rings (SSSR count). The molecule has 0 bridgehead atoms. The summed E-state index contributed by atoms with van der Waals surface area (Å²) in [5.74, 6) is -2.21. The molecule has 0 aliphatic carbocycles. The summed E-state index contributed by atoms with van der Waals surface area (Å²) in [4.78, 5) is 22.1. The van der Waals surface area contributed by atoms with Crippen LogP contribution in [0.5, 0.6) is 0 Å². The number of carboxylic acids is 1. The van der Waals surface area contributed by atoms with Crippen LogP contribution in [0.15, 0.2) is 0 Å². The smallest absolute Gasteiger partial charge is 0.324 e. The van der Waals surface area contributed by atoms with Gasteiger partial charge in [-0.25, -0.2) is 4.21 Å². The zero-order chi connectivity index (χ0) is 17.5. The number of hydrogen-bond donors (Lipinski definition) is 2. The van der Waals surface area contributed by atoms with Crippen molar-refractivity contribution in [1.29, 1.82) is 0 Å². The molecule has 0 aromatic rings. The van der Waals surface area contributed by atoms with Crippen molar-refractivity contribution in [3.8, 4) is 0 Å². The van der Waals surface area contributed by atoms with E-state index in [1.807, 2.05) is 0 Å². The molecular formula is C16H30O6S. The van der Waals surface area contributed by atoms with Gasteiger partial charge >= 0.3 is 11.9 Å². The van der Waals surface area contributed by atoms with Crippen LogP contribution in [0.4, 0.5) is 0 Å². The molecule has 2 unspecified atom stereocenters. The summed E-state index contributed by atoms with van der Waals surface area (Å²) in [5, 5.41) is 7.08. The van der Waals surface area contributed by atoms with Gasteiger partial charge in [0, 0.05) is 0 Å². The van der Waals surface area contributed by atoms with Crippen molar-refractivity contribution in [2.75, 3.05) is 6.61 Å². The SMILES string of the molecule is CCCCCCCCCCCCOC(=O)C(CC(=O)O)S(=O)O. The molecule has 0 heterocycles. The molecule has 136 valence electrons. The molecule has 0 saturated heterocycles. The molecular weight excluding hydrogens is 320 g/mol. The summed E-state index contributed by atoms with van der Waals surface area (Å²) in [6, 6.07) is 0. The minimum atomic E-state index is -2.52. The second kappa shape index (κ2) is 14.6. The molecule has 0 aliphatic rings. The van der Waals surface area contributed by atoms with E-state index in [2.05, 4.69) is 6.92 Å². The Kier molecular flexibility index (Phi) is 14.0. The molecule has 0 aliphatic heterocycles. The van der Waals surface area contributed by atoms with Gasteiger partial charge in [-0.3, -0.25) is 9.59 Å². The first kappa shape index (κ1) is 22.1. The van der Waals surface area contributed by atoms with E-state index >= 15 is 0 Å². The monoisotopic (exact) mass is 350 g/mol. The van der Waals surface area contributed by atoms with Crippen molar-refractivity contribution >= 4 is 23.0 Å². The van der Waals surface area contributed by atoms with Gasteiger partial charge in [-0.05, 0) is 6.42 Å². The van der Waals surface area contributed by atoms with Gasteiger partial charge in [0.2, 0.25) is 0 Å². The summed E-state index contributed by atoms with van der Waals surface area (Å²) in [6.07, 6.45) is 10.9. The molecule has 0 radical (unpaired) electrons. The molecule has 0 aromatic heterocycles. The standard InChI is InChI=1S/C16H30O6S/c1-2-3-4-5-6-7-8-9-10-11-12-22-16(19)14(23(20)21)13-15(17)18/h14H,2-13H2,1H3,(H,17,18)(H,20,21). The Hall–Kier alpha value is -0.950. The van der Waals surface area contributed by atoms with E-state index in [1.165, 1.54) is 44.9 Å². The number of carbonyl (C=O) groups excluding carboxylic acids is 1. The maximum Gasteiger partial charge on any atom is 0.324 e. The normalized spacial score (nSPS) is 13.5. The van der Waals surface area contributed by atoms with E-state index in [-0.39, 0.29) is 6.61 Å². The minimum Gasteiger partial charge on any atom is -0.481 e. The molecule has 0 saturated carbocycles. The number of ether oxygens (including phenoxy) is 1. The molecule has 6 nitrogen and oxygen atoms in total. The molecule has 0 spiro atoms. The van der Waals surface area contributed by atoms with Gasteiger partial charge < -0.3 is 14.4 Å². The van der Waals surface area contributed by atoms with E-state index in [1.54, 1.807) is 0 Å². The molecule has 0 amide bonds. The Morgan fingerprint density at radius 3 is 1.87 bits per heavy atom. The predicted molar refractivity (Wildman–Crippen MR) is 89.6 cm³/mol. The van der Waals surface area contributed by atoms with Crippen molar-refractivity contribution in [3.63, 3.8) is 0 Å². The third-order valence-electron chi connectivity index (χ3n) is 3.61.